The number of aliphatic hydroxyl groups is 1. The van der Waals surface area contributed by atoms with E-state index in [1.54, 1.807) is 12.1 Å². The molecule has 1 saturated heterocycles. The number of piperidine rings is 1. The molecule has 1 aromatic rings. The molecule has 1 aromatic carbocycles. The number of ether oxygens (including phenoxy) is 2. The fourth-order valence-electron chi connectivity index (χ4n) is 3.48. The van der Waals surface area contributed by atoms with Crippen LogP contribution in [0, 0.1) is 17.2 Å². The van der Waals surface area contributed by atoms with Crippen LogP contribution in [0.2, 0.25) is 5.02 Å². The number of benzene rings is 1. The Hall–Kier alpha value is -2.01. The van der Waals surface area contributed by atoms with E-state index in [0.29, 0.717) is 54.8 Å². The van der Waals surface area contributed by atoms with Crippen molar-refractivity contribution < 1.29 is 19.4 Å². The first-order valence-electron chi connectivity index (χ1n) is 9.23. The second-order valence-electron chi connectivity index (χ2n) is 6.87. The third-order valence-electron chi connectivity index (χ3n) is 4.94. The largest absolute Gasteiger partial charge is 0.486 e. The highest BCUT2D eigenvalue weighted by Gasteiger charge is 2.28. The molecule has 0 radical (unpaired) electrons. The molecule has 1 amide bonds. The molecule has 2 heterocycles. The van der Waals surface area contributed by atoms with Gasteiger partial charge in [0.25, 0.3) is 5.91 Å². The first kappa shape index (κ1) is 19.7. The third-order valence-corrected chi connectivity index (χ3v) is 5.16. The summed E-state index contributed by atoms with van der Waals surface area (Å²) in [4.78, 5) is 14.8. The smallest absolute Gasteiger partial charge is 0.255 e. The lowest BCUT2D eigenvalue weighted by Crippen LogP contribution is -2.47. The van der Waals surface area contributed by atoms with Crippen LogP contribution in [-0.4, -0.2) is 61.4 Å². The normalized spacial score (nSPS) is 22.1. The fourth-order valence-corrected chi connectivity index (χ4v) is 3.68. The first-order valence-corrected chi connectivity index (χ1v) is 9.61. The van der Waals surface area contributed by atoms with Gasteiger partial charge in [-0.3, -0.25) is 4.79 Å². The zero-order valence-electron chi connectivity index (χ0n) is 15.1. The van der Waals surface area contributed by atoms with Crippen LogP contribution in [0.3, 0.4) is 0 Å². The monoisotopic (exact) mass is 393 g/mol. The average molecular weight is 394 g/mol. The Morgan fingerprint density at radius 1 is 1.41 bits per heavy atom. The molecular formula is C19H24ClN3O4. The minimum absolute atomic E-state index is 0.00616. The number of β-amino-alcohol motifs (C(OH)–C–C–N with tert-alkyl or cyclic N) is 1. The van der Waals surface area contributed by atoms with Gasteiger partial charge >= 0.3 is 0 Å². The lowest BCUT2D eigenvalue weighted by Gasteiger charge is -2.36. The van der Waals surface area contributed by atoms with Crippen molar-refractivity contribution in [1.29, 1.82) is 5.26 Å². The summed E-state index contributed by atoms with van der Waals surface area (Å²) in [6.07, 6.45) is 1.63. The second-order valence-corrected chi connectivity index (χ2v) is 7.30. The number of amides is 1. The summed E-state index contributed by atoms with van der Waals surface area (Å²) in [6.45, 7) is 3.43. The molecule has 2 aliphatic rings. The van der Waals surface area contributed by atoms with E-state index in [9.17, 15) is 9.90 Å². The summed E-state index contributed by atoms with van der Waals surface area (Å²) in [5.41, 5.74) is 0.348. The number of carbonyl (C=O) groups is 1. The molecule has 1 unspecified atom stereocenters. The van der Waals surface area contributed by atoms with Gasteiger partial charge in [0.1, 0.15) is 13.2 Å². The minimum atomic E-state index is -0.506. The molecule has 7 nitrogen and oxygen atoms in total. The van der Waals surface area contributed by atoms with Crippen LogP contribution in [-0.2, 0) is 0 Å². The van der Waals surface area contributed by atoms with Crippen molar-refractivity contribution in [2.24, 2.45) is 5.92 Å². The van der Waals surface area contributed by atoms with Crippen LogP contribution in [0.4, 0.5) is 0 Å². The van der Waals surface area contributed by atoms with Gasteiger partial charge < -0.3 is 24.8 Å². The van der Waals surface area contributed by atoms with Gasteiger partial charge in [-0.25, -0.2) is 0 Å². The van der Waals surface area contributed by atoms with Gasteiger partial charge in [-0.1, -0.05) is 11.6 Å². The molecule has 0 aliphatic carbocycles. The van der Waals surface area contributed by atoms with Crippen LogP contribution in [0.5, 0.6) is 11.5 Å². The molecule has 146 valence electrons. The van der Waals surface area contributed by atoms with Crippen molar-refractivity contribution in [3.05, 3.63) is 22.7 Å². The summed E-state index contributed by atoms with van der Waals surface area (Å²) >= 11 is 6.08. The first-order chi connectivity index (χ1) is 13.1. The van der Waals surface area contributed by atoms with E-state index in [4.69, 9.17) is 26.3 Å². The number of halogens is 1. The number of nitriles is 1. The molecule has 0 spiro atoms. The zero-order chi connectivity index (χ0) is 19.2. The highest BCUT2D eigenvalue weighted by molar-refractivity contribution is 6.31. The van der Waals surface area contributed by atoms with Crippen LogP contribution in [0.1, 0.15) is 29.6 Å². The number of likely N-dealkylation sites (tertiary alicyclic amines) is 1. The molecular weight excluding hydrogens is 370 g/mol. The number of rotatable bonds is 6. The number of nitrogens with zero attached hydrogens (tertiary/aromatic N) is 2. The predicted molar refractivity (Wildman–Crippen MR) is 100 cm³/mol. The number of aliphatic hydroxyl groups excluding tert-OH is 1. The molecule has 0 bridgehead atoms. The Balaban J connectivity index is 1.54. The second kappa shape index (κ2) is 9.27. The van der Waals surface area contributed by atoms with E-state index < -0.39 is 6.10 Å². The van der Waals surface area contributed by atoms with Crippen LogP contribution in [0.15, 0.2) is 12.1 Å². The van der Waals surface area contributed by atoms with Gasteiger partial charge in [-0.2, -0.15) is 5.26 Å². The maximum absolute atomic E-state index is 12.6. The molecule has 0 aromatic heterocycles. The molecule has 0 saturated carbocycles. The number of hydrogen-bond acceptors (Lipinski definition) is 6. The quantitative estimate of drug-likeness (QED) is 0.716. The number of nitrogens with one attached hydrogen (secondary N) is 1. The predicted octanol–water partition coefficient (Wildman–Crippen LogP) is 1.83. The van der Waals surface area contributed by atoms with Crippen molar-refractivity contribution in [2.45, 2.75) is 25.4 Å². The van der Waals surface area contributed by atoms with Gasteiger partial charge in [0.05, 0.1) is 17.7 Å². The standard InChI is InChI=1S/C19H24ClN3O4/c20-14-9-15(18-17(10-14)26-7-8-27-18)19(25)22-11-13-3-6-23(12-16(13)24)5-2-1-4-21/h9-10,13,16,24H,1-3,5-8,11-12H2,(H,22,25)/t13-,16?/m0/s1. The molecule has 2 atom stereocenters. The maximum Gasteiger partial charge on any atom is 0.255 e. The summed E-state index contributed by atoms with van der Waals surface area (Å²) in [5.74, 6) is 0.594. The number of hydrogen-bond donors (Lipinski definition) is 2. The van der Waals surface area contributed by atoms with Crippen LogP contribution in [0.25, 0.3) is 0 Å². The molecule has 1 fully saturated rings. The highest BCUT2D eigenvalue weighted by Crippen LogP contribution is 2.36. The Morgan fingerprint density at radius 3 is 3.00 bits per heavy atom. The lowest BCUT2D eigenvalue weighted by atomic mass is 9.93. The summed E-state index contributed by atoms with van der Waals surface area (Å²) in [7, 11) is 0. The van der Waals surface area contributed by atoms with Gasteiger partial charge in [0.2, 0.25) is 0 Å². The molecule has 3 rings (SSSR count). The van der Waals surface area contributed by atoms with Crippen molar-refractivity contribution in [3.8, 4) is 17.6 Å². The number of fused-ring (bicyclic) bond motifs is 1. The highest BCUT2D eigenvalue weighted by atomic mass is 35.5. The molecule has 27 heavy (non-hydrogen) atoms. The lowest BCUT2D eigenvalue weighted by molar-refractivity contribution is 0.0219. The Labute approximate surface area is 163 Å². The van der Waals surface area contributed by atoms with Crippen LogP contribution < -0.4 is 14.8 Å². The van der Waals surface area contributed by atoms with Gasteiger partial charge in [0.15, 0.2) is 11.5 Å². The molecule has 2 N–H and O–H groups in total. The van der Waals surface area contributed by atoms with E-state index >= 15 is 0 Å². The Bertz CT molecular complexity index is 722. The maximum atomic E-state index is 12.6. The SMILES string of the molecule is N#CCCCN1CC[C@@H](CNC(=O)c2cc(Cl)cc3c2OCCO3)C(O)C1. The van der Waals surface area contributed by atoms with Gasteiger partial charge in [-0.05, 0) is 32.0 Å². The van der Waals surface area contributed by atoms with E-state index in [1.165, 1.54) is 0 Å². The van der Waals surface area contributed by atoms with Crippen molar-refractivity contribution in [3.63, 3.8) is 0 Å². The minimum Gasteiger partial charge on any atom is -0.486 e. The van der Waals surface area contributed by atoms with Gasteiger partial charge in [0, 0.05) is 36.5 Å². The van der Waals surface area contributed by atoms with Crippen molar-refractivity contribution in [1.82, 2.24) is 10.2 Å². The van der Waals surface area contributed by atoms with Crippen LogP contribution >= 0.6 is 11.6 Å². The van der Waals surface area contributed by atoms with E-state index in [0.717, 1.165) is 25.9 Å². The topological polar surface area (TPSA) is 94.8 Å². The third kappa shape index (κ3) is 5.04. The van der Waals surface area contributed by atoms with Crippen molar-refractivity contribution >= 4 is 17.5 Å². The number of unbranched alkanes of at least 4 members (excludes halogenated alkanes) is 1. The van der Waals surface area contributed by atoms with Crippen molar-refractivity contribution in [2.75, 3.05) is 39.4 Å². The average Bonchev–Trinajstić information content (AvgIpc) is 2.66. The Morgan fingerprint density at radius 2 is 2.22 bits per heavy atom. The van der Waals surface area contributed by atoms with E-state index in [1.807, 2.05) is 0 Å². The fraction of sp³-hybridized carbons (Fsp3) is 0.579. The molecule has 8 heteroatoms. The van der Waals surface area contributed by atoms with E-state index in [-0.39, 0.29) is 11.8 Å². The summed E-state index contributed by atoms with van der Waals surface area (Å²) in [6, 6.07) is 5.34. The van der Waals surface area contributed by atoms with Gasteiger partial charge in [-0.15, -0.1) is 0 Å². The summed E-state index contributed by atoms with van der Waals surface area (Å²) < 4.78 is 11.1. The zero-order valence-corrected chi connectivity index (χ0v) is 15.9. The molecule has 2 aliphatic heterocycles. The number of carbonyl (C=O) groups excluding carboxylic acids is 1. The summed E-state index contributed by atoms with van der Waals surface area (Å²) in [5, 5.41) is 22.3. The van der Waals surface area contributed by atoms with E-state index in [2.05, 4.69) is 16.3 Å². The Kier molecular flexibility index (Phi) is 6.78.